The topological polar surface area (TPSA) is 53.9 Å². The molecule has 2 heterocycles. The van der Waals surface area contributed by atoms with Crippen molar-refractivity contribution in [3.05, 3.63) is 63.5 Å². The molecule has 2 aliphatic rings. The third kappa shape index (κ3) is 4.30. The maximum absolute atomic E-state index is 12.6. The number of methoxy groups -OCH3 is 1. The van der Waals surface area contributed by atoms with E-state index < -0.39 is 0 Å². The van der Waals surface area contributed by atoms with Gasteiger partial charge in [0.15, 0.2) is 5.17 Å². The van der Waals surface area contributed by atoms with Crippen molar-refractivity contribution in [1.82, 2.24) is 5.32 Å². The molecule has 5 nitrogen and oxygen atoms in total. The van der Waals surface area contributed by atoms with E-state index in [4.69, 9.17) is 16.3 Å². The summed E-state index contributed by atoms with van der Waals surface area (Å²) in [6, 6.07) is 11.3. The predicted octanol–water partition coefficient (Wildman–Crippen LogP) is 6.26. The van der Waals surface area contributed by atoms with Crippen LogP contribution in [0.25, 0.3) is 11.6 Å². The zero-order chi connectivity index (χ0) is 23.0. The minimum Gasteiger partial charge on any atom is -0.496 e. The smallest absolute Gasteiger partial charge is 0.264 e. The monoisotopic (exact) mass is 467 g/mol. The molecule has 0 spiro atoms. The largest absolute Gasteiger partial charge is 0.496 e. The molecule has 0 bridgehead atoms. The van der Waals surface area contributed by atoms with Gasteiger partial charge in [0, 0.05) is 34.4 Å². The number of hydrogen-bond donors (Lipinski definition) is 1. The van der Waals surface area contributed by atoms with Gasteiger partial charge in [0.1, 0.15) is 5.75 Å². The number of nitrogens with one attached hydrogen (secondary N) is 1. The van der Waals surface area contributed by atoms with Gasteiger partial charge in [0.2, 0.25) is 0 Å². The number of nitrogens with zero attached hydrogens (tertiary/aromatic N) is 2. The molecule has 0 aliphatic carbocycles. The summed E-state index contributed by atoms with van der Waals surface area (Å²) in [5.74, 6) is 0.558. The number of fused-ring (bicyclic) bond motifs is 1. The Morgan fingerprint density at radius 1 is 1.25 bits per heavy atom. The zero-order valence-corrected chi connectivity index (χ0v) is 20.4. The fourth-order valence-corrected chi connectivity index (χ4v) is 5.20. The summed E-state index contributed by atoms with van der Waals surface area (Å²) < 4.78 is 5.71. The molecular weight excluding hydrogens is 442 g/mol. The normalized spacial score (nSPS) is 19.8. The van der Waals surface area contributed by atoms with Crippen molar-refractivity contribution in [1.29, 1.82) is 0 Å². The Kier molecular flexibility index (Phi) is 6.10. The molecular formula is C25H26ClN3O2S. The van der Waals surface area contributed by atoms with Crippen molar-refractivity contribution >= 4 is 57.5 Å². The maximum atomic E-state index is 12.6. The highest BCUT2D eigenvalue weighted by molar-refractivity contribution is 8.18. The first-order valence-corrected chi connectivity index (χ1v) is 11.7. The van der Waals surface area contributed by atoms with Crippen molar-refractivity contribution in [2.45, 2.75) is 33.2 Å². The number of rotatable bonds is 4. The molecule has 1 fully saturated rings. The van der Waals surface area contributed by atoms with Crippen molar-refractivity contribution in [3.63, 3.8) is 0 Å². The zero-order valence-electron chi connectivity index (χ0n) is 18.8. The summed E-state index contributed by atoms with van der Waals surface area (Å²) in [6.07, 6.45) is 4.16. The number of anilines is 1. The highest BCUT2D eigenvalue weighted by Crippen LogP contribution is 2.43. The van der Waals surface area contributed by atoms with Gasteiger partial charge in [-0.25, -0.2) is 4.99 Å². The second kappa shape index (κ2) is 8.68. The van der Waals surface area contributed by atoms with Gasteiger partial charge in [-0.15, -0.1) is 0 Å². The molecule has 7 heteroatoms. The van der Waals surface area contributed by atoms with Gasteiger partial charge in [-0.3, -0.25) is 4.79 Å². The summed E-state index contributed by atoms with van der Waals surface area (Å²) in [5.41, 5.74) is 5.02. The first kappa shape index (κ1) is 22.5. The second-order valence-electron chi connectivity index (χ2n) is 8.29. The Morgan fingerprint density at radius 2 is 1.97 bits per heavy atom. The fraction of sp³-hybridized carbons (Fsp3) is 0.280. The van der Waals surface area contributed by atoms with E-state index in [1.807, 2.05) is 18.2 Å². The molecule has 0 unspecified atom stereocenters. The number of amidine groups is 1. The highest BCUT2D eigenvalue weighted by atomic mass is 35.5. The van der Waals surface area contributed by atoms with E-state index in [9.17, 15) is 4.79 Å². The molecule has 32 heavy (non-hydrogen) atoms. The van der Waals surface area contributed by atoms with Gasteiger partial charge in [-0.05, 0) is 81.4 Å². The Hall–Kier alpha value is -2.70. The molecule has 1 N–H and O–H groups in total. The standard InChI is InChI=1S/C25H26ClN3O2S/c1-6-29-20-13-21(31-5)16(11-19(20)15(2)14-25(29,3)4)12-22-23(30)28-24(32-22)27-18-9-7-17(26)8-10-18/h7-14H,6H2,1-5H3,(H,27,28,30)/b22-12+. The molecule has 2 aliphatic heterocycles. The first-order valence-electron chi connectivity index (χ1n) is 10.5. The average molecular weight is 468 g/mol. The third-order valence-electron chi connectivity index (χ3n) is 5.64. The van der Waals surface area contributed by atoms with Crippen LogP contribution in [0.3, 0.4) is 0 Å². The minimum atomic E-state index is -0.175. The first-order chi connectivity index (χ1) is 15.2. The number of carbonyl (C=O) groups excluding carboxylic acids is 1. The fourth-order valence-electron chi connectivity index (χ4n) is 4.24. The van der Waals surface area contributed by atoms with Crippen molar-refractivity contribution in [3.8, 4) is 5.75 Å². The summed E-state index contributed by atoms with van der Waals surface area (Å²) in [4.78, 5) is 20.0. The number of allylic oxidation sites excluding steroid dienone is 1. The van der Waals surface area contributed by atoms with Crippen LogP contribution in [-0.2, 0) is 4.79 Å². The van der Waals surface area contributed by atoms with Gasteiger partial charge in [0.25, 0.3) is 5.91 Å². The highest BCUT2D eigenvalue weighted by Gasteiger charge is 2.31. The summed E-state index contributed by atoms with van der Waals surface area (Å²) in [5, 5.41) is 4.02. The van der Waals surface area contributed by atoms with E-state index in [0.717, 1.165) is 34.8 Å². The lowest BCUT2D eigenvalue weighted by Gasteiger charge is -2.43. The van der Waals surface area contributed by atoms with Crippen molar-refractivity contribution in [2.24, 2.45) is 4.99 Å². The lowest BCUT2D eigenvalue weighted by atomic mass is 9.87. The van der Waals surface area contributed by atoms with E-state index in [0.29, 0.717) is 15.1 Å². The second-order valence-corrected chi connectivity index (χ2v) is 9.76. The van der Waals surface area contributed by atoms with Crippen LogP contribution in [0.5, 0.6) is 5.75 Å². The SMILES string of the molecule is CCN1c2cc(OC)c(/C=C3/SC(=Nc4ccc(Cl)cc4)NC3=O)cc2C(C)=CC1(C)C. The molecule has 0 atom stereocenters. The lowest BCUT2D eigenvalue weighted by Crippen LogP contribution is -2.44. The van der Waals surface area contributed by atoms with Crippen LogP contribution in [0.2, 0.25) is 5.02 Å². The minimum absolute atomic E-state index is 0.0783. The quantitative estimate of drug-likeness (QED) is 0.539. The van der Waals surface area contributed by atoms with Crippen LogP contribution in [0, 0.1) is 0 Å². The van der Waals surface area contributed by atoms with E-state index in [1.165, 1.54) is 17.3 Å². The molecule has 0 radical (unpaired) electrons. The molecule has 1 amide bonds. The Morgan fingerprint density at radius 3 is 2.62 bits per heavy atom. The summed E-state index contributed by atoms with van der Waals surface area (Å²) >= 11 is 7.25. The number of hydrogen-bond acceptors (Lipinski definition) is 5. The lowest BCUT2D eigenvalue weighted by molar-refractivity contribution is -0.115. The number of aliphatic imine (C=N–C) groups is 1. The number of halogens is 1. The number of ether oxygens (including phenoxy) is 1. The molecule has 4 rings (SSSR count). The summed E-state index contributed by atoms with van der Waals surface area (Å²) in [6.45, 7) is 9.60. The van der Waals surface area contributed by atoms with E-state index in [1.54, 1.807) is 19.2 Å². The molecule has 1 saturated heterocycles. The van der Waals surface area contributed by atoms with Gasteiger partial charge in [-0.1, -0.05) is 17.7 Å². The van der Waals surface area contributed by atoms with Crippen LogP contribution < -0.4 is 15.0 Å². The number of benzene rings is 2. The molecule has 0 saturated carbocycles. The van der Waals surface area contributed by atoms with Crippen LogP contribution in [0.15, 0.2) is 52.4 Å². The Bertz CT molecular complexity index is 1170. The van der Waals surface area contributed by atoms with Gasteiger partial charge in [0.05, 0.1) is 23.2 Å². The Balaban J connectivity index is 1.71. The van der Waals surface area contributed by atoms with E-state index >= 15 is 0 Å². The molecule has 166 valence electrons. The average Bonchev–Trinajstić information content (AvgIpc) is 3.08. The molecule has 2 aromatic rings. The van der Waals surface area contributed by atoms with Crippen molar-refractivity contribution in [2.75, 3.05) is 18.6 Å². The molecule has 0 aromatic heterocycles. The van der Waals surface area contributed by atoms with Crippen LogP contribution in [-0.4, -0.2) is 30.3 Å². The number of carbonyl (C=O) groups is 1. The summed E-state index contributed by atoms with van der Waals surface area (Å²) in [7, 11) is 1.66. The van der Waals surface area contributed by atoms with Crippen LogP contribution in [0.4, 0.5) is 11.4 Å². The van der Waals surface area contributed by atoms with Gasteiger partial charge in [-0.2, -0.15) is 0 Å². The predicted molar refractivity (Wildman–Crippen MR) is 136 cm³/mol. The number of likely N-dealkylation sites (N-methyl/N-ethyl adjacent to an activating group) is 1. The van der Waals surface area contributed by atoms with Crippen LogP contribution >= 0.6 is 23.4 Å². The van der Waals surface area contributed by atoms with Crippen LogP contribution in [0.1, 0.15) is 38.8 Å². The maximum Gasteiger partial charge on any atom is 0.264 e. The van der Waals surface area contributed by atoms with Gasteiger partial charge >= 0.3 is 0 Å². The number of thioether (sulfide) groups is 1. The van der Waals surface area contributed by atoms with Crippen molar-refractivity contribution < 1.29 is 9.53 Å². The third-order valence-corrected chi connectivity index (χ3v) is 6.80. The molecule has 2 aromatic carbocycles. The number of amides is 1. The van der Waals surface area contributed by atoms with E-state index in [-0.39, 0.29) is 11.4 Å². The van der Waals surface area contributed by atoms with E-state index in [2.05, 4.69) is 61.1 Å². The van der Waals surface area contributed by atoms with Gasteiger partial charge < -0.3 is 15.0 Å². The Labute approximate surface area is 198 Å².